The summed E-state index contributed by atoms with van der Waals surface area (Å²) in [6, 6.07) is 68.2. The summed E-state index contributed by atoms with van der Waals surface area (Å²) in [7, 11) is 0. The molecule has 0 amide bonds. The Morgan fingerprint density at radius 2 is 0.833 bits per heavy atom. The quantitative estimate of drug-likeness (QED) is 0.177. The Labute approximate surface area is 284 Å². The zero-order chi connectivity index (χ0) is 31.9. The second-order valence-electron chi connectivity index (χ2n) is 12.2. The van der Waals surface area contributed by atoms with Crippen molar-refractivity contribution in [2.24, 2.45) is 0 Å². The van der Waals surface area contributed by atoms with Crippen LogP contribution in [0.15, 0.2) is 188 Å². The van der Waals surface area contributed by atoms with Gasteiger partial charge >= 0.3 is 0 Å². The summed E-state index contributed by atoms with van der Waals surface area (Å²) in [5.74, 6) is 0. The van der Waals surface area contributed by atoms with Crippen LogP contribution in [0.4, 0.5) is 17.1 Å². The number of benzene rings is 8. The number of hydrogen-bond donors (Lipinski definition) is 0. The van der Waals surface area contributed by atoms with Crippen molar-refractivity contribution in [2.45, 2.75) is 0 Å². The Hall–Kier alpha value is -5.96. The van der Waals surface area contributed by atoms with Gasteiger partial charge in [-0.2, -0.15) is 0 Å². The summed E-state index contributed by atoms with van der Waals surface area (Å²) >= 11 is 1.86. The summed E-state index contributed by atoms with van der Waals surface area (Å²) in [5, 5.41) is 5.08. The lowest BCUT2D eigenvalue weighted by atomic mass is 9.94. The lowest BCUT2D eigenvalue weighted by molar-refractivity contribution is 1.29. The van der Waals surface area contributed by atoms with E-state index in [1.807, 2.05) is 11.3 Å². The molecule has 0 saturated heterocycles. The van der Waals surface area contributed by atoms with E-state index < -0.39 is 0 Å². The third-order valence-electron chi connectivity index (χ3n) is 9.28. The highest BCUT2D eigenvalue weighted by Gasteiger charge is 2.20. The second kappa shape index (κ2) is 12.0. The molecule has 8 aromatic carbocycles. The highest BCUT2D eigenvalue weighted by molar-refractivity contribution is 7.25. The lowest BCUT2D eigenvalue weighted by Gasteiger charge is -2.29. The normalized spacial score (nSPS) is 11.3. The number of rotatable bonds is 6. The molecule has 0 aliphatic heterocycles. The first-order valence-electron chi connectivity index (χ1n) is 16.3. The molecule has 0 bridgehead atoms. The average molecular weight is 630 g/mol. The van der Waals surface area contributed by atoms with E-state index in [2.05, 4.69) is 193 Å². The average Bonchev–Trinajstić information content (AvgIpc) is 3.54. The molecule has 2 heteroatoms. The highest BCUT2D eigenvalue weighted by Crippen LogP contribution is 2.46. The van der Waals surface area contributed by atoms with E-state index in [0.717, 1.165) is 17.1 Å². The fourth-order valence-electron chi connectivity index (χ4n) is 6.93. The minimum atomic E-state index is 1.11. The Balaban J connectivity index is 1.27. The van der Waals surface area contributed by atoms with Crippen LogP contribution in [-0.4, -0.2) is 0 Å². The van der Waals surface area contributed by atoms with Crippen LogP contribution in [-0.2, 0) is 0 Å². The van der Waals surface area contributed by atoms with Crippen LogP contribution in [0.3, 0.4) is 0 Å². The van der Waals surface area contributed by atoms with Crippen molar-refractivity contribution < 1.29 is 0 Å². The molecule has 0 spiro atoms. The SMILES string of the molecule is c1ccc(-c2ccc(N(c3ccc(-c4ccccc4)cc3)c3ccc4ccccc4c3-c3ccc4sc5ccccc5c4c3)cc2)cc1. The van der Waals surface area contributed by atoms with Gasteiger partial charge in [-0.1, -0.05) is 140 Å². The lowest BCUT2D eigenvalue weighted by Crippen LogP contribution is -2.11. The monoisotopic (exact) mass is 629 g/mol. The first-order chi connectivity index (χ1) is 23.8. The van der Waals surface area contributed by atoms with Crippen LogP contribution in [0.2, 0.25) is 0 Å². The van der Waals surface area contributed by atoms with Gasteiger partial charge in [-0.05, 0) is 87.1 Å². The van der Waals surface area contributed by atoms with Gasteiger partial charge in [0.1, 0.15) is 0 Å². The molecule has 48 heavy (non-hydrogen) atoms. The maximum absolute atomic E-state index is 2.42. The van der Waals surface area contributed by atoms with Gasteiger partial charge in [0.05, 0.1) is 5.69 Å². The summed E-state index contributed by atoms with van der Waals surface area (Å²) in [6.07, 6.45) is 0. The number of hydrogen-bond acceptors (Lipinski definition) is 2. The van der Waals surface area contributed by atoms with Gasteiger partial charge < -0.3 is 4.90 Å². The minimum Gasteiger partial charge on any atom is -0.310 e. The Bertz CT molecular complexity index is 2450. The van der Waals surface area contributed by atoms with E-state index in [0.29, 0.717) is 0 Å². The molecule has 0 unspecified atom stereocenters. The molecule has 0 N–H and O–H groups in total. The second-order valence-corrected chi connectivity index (χ2v) is 13.2. The van der Waals surface area contributed by atoms with Crippen molar-refractivity contribution >= 4 is 59.3 Å². The largest absolute Gasteiger partial charge is 0.310 e. The highest BCUT2D eigenvalue weighted by atomic mass is 32.1. The molecule has 0 saturated carbocycles. The van der Waals surface area contributed by atoms with Crippen molar-refractivity contribution in [3.63, 3.8) is 0 Å². The molecule has 1 nitrogen and oxygen atoms in total. The van der Waals surface area contributed by atoms with E-state index in [9.17, 15) is 0 Å². The van der Waals surface area contributed by atoms with Crippen molar-refractivity contribution in [1.82, 2.24) is 0 Å². The number of thiophene rings is 1. The molecule has 1 heterocycles. The van der Waals surface area contributed by atoms with Gasteiger partial charge in [0, 0.05) is 37.1 Å². The smallest absolute Gasteiger partial charge is 0.0546 e. The Morgan fingerprint density at radius 1 is 0.333 bits per heavy atom. The number of fused-ring (bicyclic) bond motifs is 4. The third kappa shape index (κ3) is 5.04. The predicted octanol–water partition coefficient (Wildman–Crippen LogP) is 13.7. The van der Waals surface area contributed by atoms with E-state index in [-0.39, 0.29) is 0 Å². The maximum Gasteiger partial charge on any atom is 0.0546 e. The van der Waals surface area contributed by atoms with Gasteiger partial charge in [-0.15, -0.1) is 11.3 Å². The van der Waals surface area contributed by atoms with Gasteiger partial charge in [-0.25, -0.2) is 0 Å². The van der Waals surface area contributed by atoms with E-state index >= 15 is 0 Å². The zero-order valence-corrected chi connectivity index (χ0v) is 27.1. The summed E-state index contributed by atoms with van der Waals surface area (Å²) in [4.78, 5) is 2.42. The van der Waals surface area contributed by atoms with Crippen LogP contribution in [0.1, 0.15) is 0 Å². The topological polar surface area (TPSA) is 3.24 Å². The van der Waals surface area contributed by atoms with Crippen LogP contribution in [0.5, 0.6) is 0 Å². The number of anilines is 3. The molecule has 1 aromatic heterocycles. The first kappa shape index (κ1) is 28.3. The molecular formula is C46H31NS. The Kier molecular flexibility index (Phi) is 7.07. The van der Waals surface area contributed by atoms with Crippen molar-refractivity contribution in [1.29, 1.82) is 0 Å². The summed E-state index contributed by atoms with van der Waals surface area (Å²) < 4.78 is 2.63. The predicted molar refractivity (Wildman–Crippen MR) is 208 cm³/mol. The summed E-state index contributed by atoms with van der Waals surface area (Å²) in [5.41, 5.74) is 10.6. The van der Waals surface area contributed by atoms with Crippen LogP contribution < -0.4 is 4.90 Å². The molecule has 0 aliphatic carbocycles. The molecule has 0 atom stereocenters. The molecule has 9 aromatic rings. The third-order valence-corrected chi connectivity index (χ3v) is 10.4. The number of nitrogens with zero attached hydrogens (tertiary/aromatic N) is 1. The van der Waals surface area contributed by atoms with Crippen molar-refractivity contribution in [3.05, 3.63) is 188 Å². The Morgan fingerprint density at radius 3 is 1.48 bits per heavy atom. The van der Waals surface area contributed by atoms with Crippen LogP contribution in [0.25, 0.3) is 64.3 Å². The molecule has 9 rings (SSSR count). The van der Waals surface area contributed by atoms with E-state index in [4.69, 9.17) is 0 Å². The molecule has 0 radical (unpaired) electrons. The fraction of sp³-hybridized carbons (Fsp3) is 0. The van der Waals surface area contributed by atoms with Crippen molar-refractivity contribution in [3.8, 4) is 33.4 Å². The molecular weight excluding hydrogens is 599 g/mol. The standard InChI is InChI=1S/C46H31NS/c1-3-11-32(12-4-1)34-19-25-38(26-20-34)47(39-27-21-35(22-28-39)33-13-5-2-6-14-33)43-29-23-36-15-7-8-16-40(36)46(43)37-24-30-45-42(31-37)41-17-9-10-18-44(41)48-45/h1-31H. The molecule has 226 valence electrons. The van der Waals surface area contributed by atoms with E-state index in [1.165, 1.54) is 64.3 Å². The fourth-order valence-corrected chi connectivity index (χ4v) is 8.01. The van der Waals surface area contributed by atoms with Crippen LogP contribution in [0, 0.1) is 0 Å². The zero-order valence-electron chi connectivity index (χ0n) is 26.3. The molecule has 0 aliphatic rings. The van der Waals surface area contributed by atoms with Gasteiger partial charge in [-0.3, -0.25) is 0 Å². The van der Waals surface area contributed by atoms with E-state index in [1.54, 1.807) is 0 Å². The first-order valence-corrected chi connectivity index (χ1v) is 17.2. The van der Waals surface area contributed by atoms with Gasteiger partial charge in [0.25, 0.3) is 0 Å². The van der Waals surface area contributed by atoms with Gasteiger partial charge in [0.15, 0.2) is 0 Å². The minimum absolute atomic E-state index is 1.11. The molecule has 0 fully saturated rings. The van der Waals surface area contributed by atoms with Gasteiger partial charge in [0.2, 0.25) is 0 Å². The van der Waals surface area contributed by atoms with Crippen LogP contribution >= 0.6 is 11.3 Å². The maximum atomic E-state index is 2.42. The summed E-state index contributed by atoms with van der Waals surface area (Å²) in [6.45, 7) is 0. The van der Waals surface area contributed by atoms with Crippen molar-refractivity contribution in [2.75, 3.05) is 4.90 Å².